The van der Waals surface area contributed by atoms with Crippen molar-refractivity contribution in [3.05, 3.63) is 46.5 Å². The molecule has 24 heavy (non-hydrogen) atoms. The van der Waals surface area contributed by atoms with Crippen molar-refractivity contribution in [1.29, 1.82) is 0 Å². The lowest BCUT2D eigenvalue weighted by Gasteiger charge is -2.22. The number of rotatable bonds is 4. The third kappa shape index (κ3) is 2.71. The summed E-state index contributed by atoms with van der Waals surface area (Å²) >= 11 is 0. The molecule has 0 saturated heterocycles. The fraction of sp³-hybridized carbons (Fsp3) is 0.278. The van der Waals surface area contributed by atoms with Crippen molar-refractivity contribution in [3.63, 3.8) is 0 Å². The number of nitro groups is 1. The lowest BCUT2D eigenvalue weighted by molar-refractivity contribution is -0.383. The van der Waals surface area contributed by atoms with Crippen molar-refractivity contribution >= 4 is 38.9 Å². The summed E-state index contributed by atoms with van der Waals surface area (Å²) in [4.78, 5) is 17.6. The molecule has 0 aliphatic rings. The van der Waals surface area contributed by atoms with Crippen molar-refractivity contribution in [3.8, 4) is 0 Å². The van der Waals surface area contributed by atoms with Crippen molar-refractivity contribution in [2.24, 2.45) is 0 Å². The number of para-hydroxylation sites is 1. The lowest BCUT2D eigenvalue weighted by Crippen LogP contribution is -2.18. The smallest absolute Gasteiger partial charge is 0.296 e. The Kier molecular flexibility index (Phi) is 3.97. The van der Waals surface area contributed by atoms with E-state index in [-0.39, 0.29) is 16.7 Å². The van der Waals surface area contributed by atoms with Gasteiger partial charge in [-0.15, -0.1) is 0 Å². The van der Waals surface area contributed by atoms with Gasteiger partial charge >= 0.3 is 0 Å². The Labute approximate surface area is 140 Å². The van der Waals surface area contributed by atoms with E-state index in [1.807, 2.05) is 58.3 Å². The van der Waals surface area contributed by atoms with Crippen LogP contribution < -0.4 is 10.2 Å². The van der Waals surface area contributed by atoms with Gasteiger partial charge in [-0.1, -0.05) is 18.2 Å². The Morgan fingerprint density at radius 3 is 2.50 bits per heavy atom. The van der Waals surface area contributed by atoms with Gasteiger partial charge in [0.2, 0.25) is 0 Å². The summed E-state index contributed by atoms with van der Waals surface area (Å²) in [7, 11) is 3.63. The van der Waals surface area contributed by atoms with Crippen LogP contribution in [0.15, 0.2) is 36.4 Å². The first-order valence-electron chi connectivity index (χ1n) is 7.83. The topological polar surface area (TPSA) is 71.3 Å². The van der Waals surface area contributed by atoms with E-state index in [0.717, 1.165) is 22.0 Å². The molecule has 0 aliphatic carbocycles. The second kappa shape index (κ2) is 5.96. The van der Waals surface area contributed by atoms with Crippen molar-refractivity contribution in [1.82, 2.24) is 4.98 Å². The highest BCUT2D eigenvalue weighted by Gasteiger charge is 2.24. The van der Waals surface area contributed by atoms with Crippen LogP contribution in [0, 0.1) is 10.1 Å². The summed E-state index contributed by atoms with van der Waals surface area (Å²) in [6, 6.07) is 11.5. The molecule has 3 rings (SSSR count). The largest absolute Gasteiger partial charge is 0.380 e. The molecule has 0 bridgehead atoms. The minimum absolute atomic E-state index is 0.0541. The summed E-state index contributed by atoms with van der Waals surface area (Å²) in [6.45, 7) is 4.02. The molecule has 124 valence electrons. The van der Waals surface area contributed by atoms with E-state index >= 15 is 0 Å². The van der Waals surface area contributed by atoms with Crippen LogP contribution in [0.2, 0.25) is 0 Å². The highest BCUT2D eigenvalue weighted by Crippen LogP contribution is 2.41. The predicted octanol–water partition coefficient (Wildman–Crippen LogP) is 4.18. The van der Waals surface area contributed by atoms with Crippen molar-refractivity contribution in [2.75, 3.05) is 24.3 Å². The van der Waals surface area contributed by atoms with Crippen LogP contribution in [-0.4, -0.2) is 30.0 Å². The van der Waals surface area contributed by atoms with Crippen LogP contribution in [0.25, 0.3) is 21.8 Å². The molecule has 0 radical (unpaired) electrons. The third-order valence-electron chi connectivity index (χ3n) is 3.85. The SMILES string of the molecule is CC(C)Nc1c(N(C)C)c([N+](=O)[O-])cc2nc3ccccc3cc12. The minimum atomic E-state index is -0.350. The zero-order valence-electron chi connectivity index (χ0n) is 14.2. The van der Waals surface area contributed by atoms with Crippen LogP contribution in [0.3, 0.4) is 0 Å². The Hall–Kier alpha value is -2.89. The molecule has 1 N–H and O–H groups in total. The van der Waals surface area contributed by atoms with E-state index in [4.69, 9.17) is 0 Å². The van der Waals surface area contributed by atoms with Crippen LogP contribution in [0.4, 0.5) is 17.1 Å². The summed E-state index contributed by atoms with van der Waals surface area (Å²) in [5, 5.41) is 16.9. The van der Waals surface area contributed by atoms with Gasteiger partial charge in [-0.25, -0.2) is 4.98 Å². The Morgan fingerprint density at radius 2 is 1.88 bits per heavy atom. The van der Waals surface area contributed by atoms with Crippen molar-refractivity contribution in [2.45, 2.75) is 19.9 Å². The van der Waals surface area contributed by atoms with Crippen LogP contribution >= 0.6 is 0 Å². The molecule has 0 unspecified atom stereocenters. The molecule has 3 aromatic rings. The minimum Gasteiger partial charge on any atom is -0.380 e. The molecule has 1 heterocycles. The number of nitrogens with one attached hydrogen (secondary N) is 1. The van der Waals surface area contributed by atoms with Gasteiger partial charge in [0.25, 0.3) is 5.69 Å². The quantitative estimate of drug-likeness (QED) is 0.443. The first-order valence-corrected chi connectivity index (χ1v) is 7.83. The first-order chi connectivity index (χ1) is 11.4. The van der Waals surface area contributed by atoms with Gasteiger partial charge < -0.3 is 10.2 Å². The Morgan fingerprint density at radius 1 is 1.17 bits per heavy atom. The second-order valence-corrected chi connectivity index (χ2v) is 6.32. The molecular formula is C18H20N4O2. The molecule has 0 saturated carbocycles. The second-order valence-electron chi connectivity index (χ2n) is 6.32. The summed E-state index contributed by atoms with van der Waals surface area (Å²) in [6.07, 6.45) is 0. The number of hydrogen-bond acceptors (Lipinski definition) is 5. The number of pyridine rings is 1. The van der Waals surface area contributed by atoms with Gasteiger partial charge in [0, 0.05) is 37.0 Å². The zero-order chi connectivity index (χ0) is 17.4. The van der Waals surface area contributed by atoms with Crippen LogP contribution in [0.5, 0.6) is 0 Å². The standard InChI is InChI=1S/C18H20N4O2/c1-11(2)19-17-13-9-12-7-5-6-8-14(12)20-15(13)10-16(22(23)24)18(17)21(3)4/h5-11,19H,1-4H3. The zero-order valence-corrected chi connectivity index (χ0v) is 14.2. The summed E-state index contributed by atoms with van der Waals surface area (Å²) < 4.78 is 0. The molecule has 0 spiro atoms. The number of hydrogen-bond donors (Lipinski definition) is 1. The predicted molar refractivity (Wildman–Crippen MR) is 99.0 cm³/mol. The lowest BCUT2D eigenvalue weighted by atomic mass is 10.1. The average Bonchev–Trinajstić information content (AvgIpc) is 2.51. The molecule has 0 fully saturated rings. The number of nitro benzene ring substituents is 1. The first kappa shape index (κ1) is 16.0. The van der Waals surface area contributed by atoms with Crippen LogP contribution in [0.1, 0.15) is 13.8 Å². The van der Waals surface area contributed by atoms with E-state index in [2.05, 4.69) is 10.3 Å². The fourth-order valence-electron chi connectivity index (χ4n) is 2.92. The number of anilines is 2. The Bertz CT molecular complexity index is 935. The van der Waals surface area contributed by atoms with Gasteiger partial charge in [0.05, 0.1) is 21.6 Å². The highest BCUT2D eigenvalue weighted by molar-refractivity contribution is 6.06. The summed E-state index contributed by atoms with van der Waals surface area (Å²) in [5.41, 5.74) is 2.82. The van der Waals surface area contributed by atoms with Gasteiger partial charge in [0.15, 0.2) is 0 Å². The molecule has 0 amide bonds. The maximum absolute atomic E-state index is 11.6. The van der Waals surface area contributed by atoms with E-state index in [1.54, 1.807) is 11.0 Å². The maximum atomic E-state index is 11.6. The molecule has 2 aromatic carbocycles. The number of aromatic nitrogens is 1. The highest BCUT2D eigenvalue weighted by atomic mass is 16.6. The molecule has 6 heteroatoms. The van der Waals surface area contributed by atoms with Crippen molar-refractivity contribution < 1.29 is 4.92 Å². The molecule has 6 nitrogen and oxygen atoms in total. The normalized spacial score (nSPS) is 11.2. The monoisotopic (exact) mass is 324 g/mol. The number of benzene rings is 2. The average molecular weight is 324 g/mol. The number of fused-ring (bicyclic) bond motifs is 2. The molecular weight excluding hydrogens is 304 g/mol. The van der Waals surface area contributed by atoms with E-state index in [9.17, 15) is 10.1 Å². The van der Waals surface area contributed by atoms with Gasteiger partial charge in [-0.2, -0.15) is 0 Å². The van der Waals surface area contributed by atoms with Gasteiger partial charge in [0.1, 0.15) is 5.69 Å². The van der Waals surface area contributed by atoms with E-state index in [1.165, 1.54) is 0 Å². The van der Waals surface area contributed by atoms with Crippen LogP contribution in [-0.2, 0) is 0 Å². The van der Waals surface area contributed by atoms with E-state index in [0.29, 0.717) is 11.2 Å². The van der Waals surface area contributed by atoms with E-state index < -0.39 is 0 Å². The molecule has 1 aromatic heterocycles. The summed E-state index contributed by atoms with van der Waals surface area (Å²) in [5.74, 6) is 0. The molecule has 0 atom stereocenters. The van der Waals surface area contributed by atoms with Gasteiger partial charge in [-0.05, 0) is 26.0 Å². The fourth-order valence-corrected chi connectivity index (χ4v) is 2.92. The number of nitrogens with zero attached hydrogens (tertiary/aromatic N) is 3. The maximum Gasteiger partial charge on any atom is 0.296 e. The van der Waals surface area contributed by atoms with Gasteiger partial charge in [-0.3, -0.25) is 10.1 Å². The third-order valence-corrected chi connectivity index (χ3v) is 3.85. The molecule has 0 aliphatic heterocycles. The Balaban J connectivity index is 2.46.